The fourth-order valence-corrected chi connectivity index (χ4v) is 3.95. The van der Waals surface area contributed by atoms with Gasteiger partial charge in [0.05, 0.1) is 17.2 Å². The van der Waals surface area contributed by atoms with Crippen molar-refractivity contribution in [2.24, 2.45) is 0 Å². The van der Waals surface area contributed by atoms with E-state index >= 15 is 4.39 Å². The number of unbranched alkanes of at least 4 members (excludes halogenated alkanes) is 1. The molecule has 0 aliphatic heterocycles. The number of rotatable bonds is 5. The minimum absolute atomic E-state index is 0.0684. The molecule has 0 heterocycles. The van der Waals surface area contributed by atoms with Crippen molar-refractivity contribution in [3.05, 3.63) is 88.2 Å². The zero-order valence-electron chi connectivity index (χ0n) is 16.9. The van der Waals surface area contributed by atoms with Gasteiger partial charge in [-0.05, 0) is 83.8 Å². The molecule has 30 heavy (non-hydrogen) atoms. The summed E-state index contributed by atoms with van der Waals surface area (Å²) < 4.78 is 20.5. The van der Waals surface area contributed by atoms with E-state index < -0.39 is 11.8 Å². The summed E-state index contributed by atoms with van der Waals surface area (Å²) in [6.07, 6.45) is 4.70. The molecule has 0 bridgehead atoms. The first-order valence-electron chi connectivity index (χ1n) is 10.3. The molecule has 0 unspecified atom stereocenters. The summed E-state index contributed by atoms with van der Waals surface area (Å²) >= 11 is 0. The van der Waals surface area contributed by atoms with E-state index in [-0.39, 0.29) is 11.3 Å². The summed E-state index contributed by atoms with van der Waals surface area (Å²) in [7, 11) is 0. The van der Waals surface area contributed by atoms with E-state index in [2.05, 4.69) is 25.1 Å². The molecule has 0 saturated heterocycles. The lowest BCUT2D eigenvalue weighted by Gasteiger charge is -2.22. The molecule has 0 aromatic heterocycles. The Morgan fingerprint density at radius 2 is 1.83 bits per heavy atom. The zero-order valence-corrected chi connectivity index (χ0v) is 16.9. The van der Waals surface area contributed by atoms with E-state index in [0.29, 0.717) is 17.5 Å². The fraction of sp³-hybridized carbons (Fsp3) is 0.231. The van der Waals surface area contributed by atoms with Crippen molar-refractivity contribution in [2.75, 3.05) is 0 Å². The number of nitrogens with zero attached hydrogens (tertiary/aromatic N) is 1. The molecule has 0 N–H and O–H groups in total. The Hall–Kier alpha value is -3.45. The van der Waals surface area contributed by atoms with Crippen LogP contribution in [-0.4, -0.2) is 5.97 Å². The van der Waals surface area contributed by atoms with E-state index in [9.17, 15) is 4.79 Å². The summed E-state index contributed by atoms with van der Waals surface area (Å²) in [4.78, 5) is 12.5. The van der Waals surface area contributed by atoms with Crippen molar-refractivity contribution in [1.29, 1.82) is 5.26 Å². The minimum atomic E-state index is -0.735. The van der Waals surface area contributed by atoms with Crippen LogP contribution in [0.5, 0.6) is 5.75 Å². The van der Waals surface area contributed by atoms with Crippen molar-refractivity contribution in [1.82, 2.24) is 0 Å². The number of hydrogen-bond acceptors (Lipinski definition) is 3. The van der Waals surface area contributed by atoms with E-state index in [1.165, 1.54) is 29.3 Å². The monoisotopic (exact) mass is 399 g/mol. The number of halogens is 1. The van der Waals surface area contributed by atoms with Crippen LogP contribution in [0.15, 0.2) is 54.6 Å². The summed E-state index contributed by atoms with van der Waals surface area (Å²) in [5.74, 6) is -0.964. The number of aryl methyl sites for hydroxylation is 2. The summed E-state index contributed by atoms with van der Waals surface area (Å²) in [6, 6.07) is 17.9. The molecule has 0 amide bonds. The second kappa shape index (κ2) is 8.51. The Morgan fingerprint density at radius 3 is 2.57 bits per heavy atom. The predicted molar refractivity (Wildman–Crippen MR) is 114 cm³/mol. The van der Waals surface area contributed by atoms with E-state index in [1.54, 1.807) is 12.1 Å². The van der Waals surface area contributed by atoms with E-state index in [4.69, 9.17) is 10.00 Å². The third-order valence-electron chi connectivity index (χ3n) is 5.58. The Balaban J connectivity index is 1.60. The van der Waals surface area contributed by atoms with Gasteiger partial charge in [0.25, 0.3) is 0 Å². The average molecular weight is 399 g/mol. The van der Waals surface area contributed by atoms with Gasteiger partial charge in [-0.2, -0.15) is 5.26 Å². The lowest BCUT2D eigenvalue weighted by molar-refractivity contribution is 0.0729. The highest BCUT2D eigenvalue weighted by Gasteiger charge is 2.24. The first kappa shape index (κ1) is 19.8. The molecular formula is C26H22FNO2. The van der Waals surface area contributed by atoms with Gasteiger partial charge in [-0.15, -0.1) is 0 Å². The predicted octanol–water partition coefficient (Wildman–Crippen LogP) is 6.02. The molecule has 3 nitrogen and oxygen atoms in total. The van der Waals surface area contributed by atoms with Crippen LogP contribution in [-0.2, 0) is 19.3 Å². The van der Waals surface area contributed by atoms with E-state index in [1.807, 2.05) is 12.1 Å². The second-order valence-corrected chi connectivity index (χ2v) is 7.57. The lowest BCUT2D eigenvalue weighted by Crippen LogP contribution is -2.15. The van der Waals surface area contributed by atoms with E-state index in [0.717, 1.165) is 36.8 Å². The van der Waals surface area contributed by atoms with Gasteiger partial charge < -0.3 is 4.74 Å². The molecule has 1 aliphatic rings. The van der Waals surface area contributed by atoms with Crippen LogP contribution >= 0.6 is 0 Å². The largest absolute Gasteiger partial charge is 0.423 e. The quantitative estimate of drug-likeness (QED) is 0.389. The highest BCUT2D eigenvalue weighted by Crippen LogP contribution is 2.36. The number of hydrogen-bond donors (Lipinski definition) is 0. The SMILES string of the molecule is CCCCc1ccc2c(c1)CCc1c-2ccc(C(=O)Oc2ccc(C#N)cc2)c1F. The van der Waals surface area contributed by atoms with Crippen LogP contribution < -0.4 is 4.74 Å². The van der Waals surface area contributed by atoms with Crippen molar-refractivity contribution < 1.29 is 13.9 Å². The molecule has 1 aliphatic carbocycles. The van der Waals surface area contributed by atoms with Crippen LogP contribution in [0, 0.1) is 17.1 Å². The number of nitriles is 1. The molecule has 0 spiro atoms. The molecule has 0 fully saturated rings. The average Bonchev–Trinajstić information content (AvgIpc) is 2.78. The lowest BCUT2D eigenvalue weighted by atomic mass is 9.83. The van der Waals surface area contributed by atoms with Crippen LogP contribution in [0.2, 0.25) is 0 Å². The van der Waals surface area contributed by atoms with Crippen molar-refractivity contribution in [3.8, 4) is 22.9 Å². The molecule has 0 radical (unpaired) electrons. The Kier molecular flexibility index (Phi) is 5.63. The normalized spacial score (nSPS) is 11.9. The molecule has 0 saturated carbocycles. The molecule has 3 aromatic rings. The van der Waals surface area contributed by atoms with Gasteiger partial charge in [-0.3, -0.25) is 0 Å². The summed E-state index contributed by atoms with van der Waals surface area (Å²) in [5.41, 5.74) is 5.42. The maximum absolute atomic E-state index is 15.2. The molecule has 3 aromatic carbocycles. The molecule has 4 heteroatoms. The van der Waals surface area contributed by atoms with Crippen LogP contribution in [0.1, 0.15) is 52.4 Å². The minimum Gasteiger partial charge on any atom is -0.423 e. The fourth-order valence-electron chi connectivity index (χ4n) is 3.95. The Labute approximate surface area is 175 Å². The van der Waals surface area contributed by atoms with Crippen molar-refractivity contribution >= 4 is 5.97 Å². The highest BCUT2D eigenvalue weighted by molar-refractivity contribution is 5.93. The van der Waals surface area contributed by atoms with Crippen molar-refractivity contribution in [2.45, 2.75) is 39.0 Å². The molecule has 150 valence electrons. The number of carbonyl (C=O) groups is 1. The topological polar surface area (TPSA) is 50.1 Å². The number of fused-ring (bicyclic) bond motifs is 3. The standard InChI is InChI=1S/C26H22FNO2/c1-2-3-4-17-7-11-21-19(15-17)8-12-23-22(21)13-14-24(25(23)27)26(29)30-20-9-5-18(16-28)6-10-20/h5-7,9-11,13-15H,2-4,8,12H2,1H3. The third-order valence-corrected chi connectivity index (χ3v) is 5.58. The van der Waals surface area contributed by atoms with Gasteiger partial charge in [0.1, 0.15) is 11.6 Å². The van der Waals surface area contributed by atoms with Gasteiger partial charge in [0, 0.05) is 0 Å². The summed E-state index contributed by atoms with van der Waals surface area (Å²) in [6.45, 7) is 2.18. The second-order valence-electron chi connectivity index (χ2n) is 7.57. The Bertz CT molecular complexity index is 1140. The van der Waals surface area contributed by atoms with Crippen LogP contribution in [0.3, 0.4) is 0 Å². The smallest absolute Gasteiger partial charge is 0.346 e. The molecular weight excluding hydrogens is 377 g/mol. The molecule has 4 rings (SSSR count). The van der Waals surface area contributed by atoms with Crippen LogP contribution in [0.4, 0.5) is 4.39 Å². The Morgan fingerprint density at radius 1 is 1.07 bits per heavy atom. The third kappa shape index (κ3) is 3.84. The molecule has 0 atom stereocenters. The first-order valence-corrected chi connectivity index (χ1v) is 10.3. The maximum atomic E-state index is 15.2. The van der Waals surface area contributed by atoms with Gasteiger partial charge in [-0.1, -0.05) is 37.6 Å². The zero-order chi connectivity index (χ0) is 21.1. The number of ether oxygens (including phenoxy) is 1. The van der Waals surface area contributed by atoms with Gasteiger partial charge in [0.15, 0.2) is 0 Å². The van der Waals surface area contributed by atoms with Crippen molar-refractivity contribution in [3.63, 3.8) is 0 Å². The van der Waals surface area contributed by atoms with Gasteiger partial charge in [0.2, 0.25) is 0 Å². The first-order chi connectivity index (χ1) is 14.6. The van der Waals surface area contributed by atoms with Gasteiger partial charge in [-0.25, -0.2) is 9.18 Å². The highest BCUT2D eigenvalue weighted by atomic mass is 19.1. The number of esters is 1. The number of carbonyl (C=O) groups excluding carboxylic acids is 1. The number of benzene rings is 3. The van der Waals surface area contributed by atoms with Gasteiger partial charge >= 0.3 is 5.97 Å². The summed E-state index contributed by atoms with van der Waals surface area (Å²) in [5, 5.41) is 8.85. The maximum Gasteiger partial charge on any atom is 0.346 e. The van der Waals surface area contributed by atoms with Crippen LogP contribution in [0.25, 0.3) is 11.1 Å².